The molecule has 1 fully saturated rings. The standard InChI is InChI=1S/C36H35N5O3/c1-3-6-33-32(21-24-9-11-25(12-10-24)31-8-5-4-7-28(31)22-37)35(43)40(36-38-23-39-41(33)36)29-17-13-26(14-18-29)34(42)27-15-19-30(44-2)20-16-27/h4-5,7-12,15-16,19-20,23,26,29H,3,6,13-14,17-18,21H2,1-2H3/t26-,29-. The highest BCUT2D eigenvalue weighted by Crippen LogP contribution is 2.35. The maximum absolute atomic E-state index is 14.3. The van der Waals surface area contributed by atoms with Crippen LogP contribution in [0.15, 0.2) is 83.9 Å². The van der Waals surface area contributed by atoms with Gasteiger partial charge >= 0.3 is 0 Å². The number of Topliss-reactive ketones (excluding diaryl/α,β-unsaturated/α-hetero) is 1. The number of nitriles is 1. The lowest BCUT2D eigenvalue weighted by Crippen LogP contribution is -2.35. The Bertz CT molecular complexity index is 1890. The minimum absolute atomic E-state index is 0.0298. The van der Waals surface area contributed by atoms with E-state index in [1.54, 1.807) is 7.11 Å². The van der Waals surface area contributed by atoms with Gasteiger partial charge in [-0.15, -0.1) is 0 Å². The van der Waals surface area contributed by atoms with Gasteiger partial charge in [-0.1, -0.05) is 55.8 Å². The van der Waals surface area contributed by atoms with Gasteiger partial charge in [-0.2, -0.15) is 15.3 Å². The Morgan fingerprint density at radius 2 is 1.73 bits per heavy atom. The van der Waals surface area contributed by atoms with Crippen LogP contribution in [0.5, 0.6) is 5.75 Å². The summed E-state index contributed by atoms with van der Waals surface area (Å²) in [4.78, 5) is 32.1. The van der Waals surface area contributed by atoms with Crippen LogP contribution in [0.2, 0.25) is 0 Å². The molecule has 222 valence electrons. The molecule has 0 saturated heterocycles. The molecule has 1 saturated carbocycles. The van der Waals surface area contributed by atoms with E-state index in [0.29, 0.717) is 55.4 Å². The van der Waals surface area contributed by atoms with Crippen LogP contribution in [0.25, 0.3) is 16.9 Å². The molecule has 0 radical (unpaired) electrons. The highest BCUT2D eigenvalue weighted by molar-refractivity contribution is 5.98. The summed E-state index contributed by atoms with van der Waals surface area (Å²) in [6.07, 6.45) is 6.42. The number of aromatic nitrogens is 4. The lowest BCUT2D eigenvalue weighted by Gasteiger charge is -2.30. The van der Waals surface area contributed by atoms with Crippen LogP contribution in [0.3, 0.4) is 0 Å². The number of benzene rings is 3. The summed E-state index contributed by atoms with van der Waals surface area (Å²) in [7, 11) is 1.61. The molecule has 44 heavy (non-hydrogen) atoms. The van der Waals surface area contributed by atoms with Gasteiger partial charge < -0.3 is 4.74 Å². The Kier molecular flexibility index (Phi) is 8.38. The fourth-order valence-corrected chi connectivity index (χ4v) is 6.50. The summed E-state index contributed by atoms with van der Waals surface area (Å²) < 4.78 is 8.90. The van der Waals surface area contributed by atoms with Gasteiger partial charge in [-0.05, 0) is 79.1 Å². The third-order valence-electron chi connectivity index (χ3n) is 8.81. The van der Waals surface area contributed by atoms with Crippen molar-refractivity contribution in [3.05, 3.63) is 117 Å². The Hall–Kier alpha value is -5.03. The number of ether oxygens (including phenoxy) is 1. The SMILES string of the molecule is CCCc1c(Cc2ccc(-c3ccccc3C#N)cc2)c(=O)n([C@H]2CC[C@H](C(=O)c3ccc(OC)cc3)CC2)c2ncnn12. The smallest absolute Gasteiger partial charge is 0.259 e. The Morgan fingerprint density at radius 1 is 1.00 bits per heavy atom. The van der Waals surface area contributed by atoms with Gasteiger partial charge in [0.25, 0.3) is 5.56 Å². The summed E-state index contributed by atoms with van der Waals surface area (Å²) in [6.45, 7) is 2.10. The molecule has 0 aliphatic heterocycles. The number of carbonyl (C=O) groups excluding carboxylic acids is 1. The highest BCUT2D eigenvalue weighted by atomic mass is 16.5. The van der Waals surface area contributed by atoms with Crippen LogP contribution in [0.4, 0.5) is 0 Å². The molecular weight excluding hydrogens is 550 g/mol. The maximum atomic E-state index is 14.3. The molecule has 0 bridgehead atoms. The van der Waals surface area contributed by atoms with E-state index in [1.807, 2.05) is 81.9 Å². The number of nitrogens with zero attached hydrogens (tertiary/aromatic N) is 5. The van der Waals surface area contributed by atoms with Gasteiger partial charge in [-0.3, -0.25) is 14.2 Å². The van der Waals surface area contributed by atoms with Crippen molar-refractivity contribution >= 4 is 11.6 Å². The minimum Gasteiger partial charge on any atom is -0.497 e. The van der Waals surface area contributed by atoms with Crippen molar-refractivity contribution in [2.45, 2.75) is 57.9 Å². The van der Waals surface area contributed by atoms with E-state index in [4.69, 9.17) is 4.74 Å². The first-order valence-electron chi connectivity index (χ1n) is 15.2. The van der Waals surface area contributed by atoms with E-state index in [1.165, 1.54) is 6.33 Å². The summed E-state index contributed by atoms with van der Waals surface area (Å²) in [5.41, 5.74) is 5.78. The molecule has 2 aromatic heterocycles. The van der Waals surface area contributed by atoms with Crippen molar-refractivity contribution < 1.29 is 9.53 Å². The molecule has 1 aliphatic rings. The summed E-state index contributed by atoms with van der Waals surface area (Å²) in [5.74, 6) is 1.36. The van der Waals surface area contributed by atoms with E-state index in [-0.39, 0.29) is 23.3 Å². The zero-order valence-corrected chi connectivity index (χ0v) is 25.1. The molecule has 0 N–H and O–H groups in total. The third-order valence-corrected chi connectivity index (χ3v) is 8.81. The summed E-state index contributed by atoms with van der Waals surface area (Å²) in [6, 6.07) is 25.1. The second-order valence-corrected chi connectivity index (χ2v) is 11.5. The first kappa shape index (κ1) is 29.1. The van der Waals surface area contributed by atoms with Crippen molar-refractivity contribution in [1.82, 2.24) is 19.2 Å². The van der Waals surface area contributed by atoms with Crippen LogP contribution in [0, 0.1) is 17.2 Å². The maximum Gasteiger partial charge on any atom is 0.259 e. The molecule has 0 unspecified atom stereocenters. The normalized spacial score (nSPS) is 16.5. The molecule has 1 aliphatic carbocycles. The molecule has 8 nitrogen and oxygen atoms in total. The number of fused-ring (bicyclic) bond motifs is 1. The average Bonchev–Trinajstić information content (AvgIpc) is 3.56. The number of ketones is 1. The van der Waals surface area contributed by atoms with Crippen molar-refractivity contribution in [2.24, 2.45) is 5.92 Å². The van der Waals surface area contributed by atoms with Gasteiger partial charge in [0.15, 0.2) is 5.78 Å². The second kappa shape index (κ2) is 12.7. The monoisotopic (exact) mass is 585 g/mol. The molecule has 8 heteroatoms. The molecule has 6 rings (SSSR count). The lowest BCUT2D eigenvalue weighted by molar-refractivity contribution is 0.0874. The number of hydrogen-bond donors (Lipinski definition) is 0. The van der Waals surface area contributed by atoms with Crippen molar-refractivity contribution in [2.75, 3.05) is 7.11 Å². The van der Waals surface area contributed by atoms with Gasteiger partial charge in [0, 0.05) is 29.5 Å². The third kappa shape index (κ3) is 5.53. The van der Waals surface area contributed by atoms with Gasteiger partial charge in [0.1, 0.15) is 12.1 Å². The van der Waals surface area contributed by atoms with Gasteiger partial charge in [-0.25, -0.2) is 4.52 Å². The van der Waals surface area contributed by atoms with Crippen LogP contribution < -0.4 is 10.3 Å². The van der Waals surface area contributed by atoms with E-state index in [0.717, 1.165) is 40.1 Å². The molecule has 0 spiro atoms. The summed E-state index contributed by atoms with van der Waals surface area (Å²) >= 11 is 0. The largest absolute Gasteiger partial charge is 0.497 e. The molecule has 3 aromatic carbocycles. The van der Waals surface area contributed by atoms with Crippen LogP contribution in [0.1, 0.15) is 77.8 Å². The lowest BCUT2D eigenvalue weighted by atomic mass is 9.81. The van der Waals surface area contributed by atoms with E-state index < -0.39 is 0 Å². The van der Waals surface area contributed by atoms with E-state index in [9.17, 15) is 14.9 Å². The quantitative estimate of drug-likeness (QED) is 0.181. The van der Waals surface area contributed by atoms with E-state index >= 15 is 0 Å². The van der Waals surface area contributed by atoms with Crippen molar-refractivity contribution in [3.8, 4) is 22.9 Å². The van der Waals surface area contributed by atoms with Crippen LogP contribution >= 0.6 is 0 Å². The zero-order chi connectivity index (χ0) is 30.6. The highest BCUT2D eigenvalue weighted by Gasteiger charge is 2.31. The van der Waals surface area contributed by atoms with E-state index in [2.05, 4.69) is 23.1 Å². The minimum atomic E-state index is -0.0762. The Labute approximate surface area is 256 Å². The Morgan fingerprint density at radius 3 is 2.41 bits per heavy atom. The van der Waals surface area contributed by atoms with Crippen LogP contribution in [-0.2, 0) is 12.8 Å². The van der Waals surface area contributed by atoms with Crippen LogP contribution in [-0.4, -0.2) is 32.1 Å². The first-order valence-corrected chi connectivity index (χ1v) is 15.2. The molecule has 0 atom stereocenters. The second-order valence-electron chi connectivity index (χ2n) is 11.5. The summed E-state index contributed by atoms with van der Waals surface area (Å²) in [5, 5.41) is 14.1. The van der Waals surface area contributed by atoms with Crippen molar-refractivity contribution in [1.29, 1.82) is 5.26 Å². The topological polar surface area (TPSA) is 102 Å². The van der Waals surface area contributed by atoms with Gasteiger partial charge in [0.2, 0.25) is 5.78 Å². The fraction of sp³-hybridized carbons (Fsp3) is 0.306. The molecule has 5 aromatic rings. The fourth-order valence-electron chi connectivity index (χ4n) is 6.50. The average molecular weight is 586 g/mol. The molecule has 2 heterocycles. The predicted molar refractivity (Wildman–Crippen MR) is 169 cm³/mol. The van der Waals surface area contributed by atoms with Gasteiger partial charge in [0.05, 0.1) is 24.4 Å². The number of carbonyl (C=O) groups is 1. The first-order chi connectivity index (χ1) is 21.5. The zero-order valence-electron chi connectivity index (χ0n) is 25.1. The number of methoxy groups -OCH3 is 1. The molecular formula is C36H35N5O3. The Balaban J connectivity index is 1.29. The molecule has 0 amide bonds. The number of rotatable bonds is 9. The number of hydrogen-bond acceptors (Lipinski definition) is 6. The predicted octanol–water partition coefficient (Wildman–Crippen LogP) is 6.60. The van der Waals surface area contributed by atoms with Crippen molar-refractivity contribution in [3.63, 3.8) is 0 Å². The number of aryl methyl sites for hydroxylation is 1.